The second kappa shape index (κ2) is 9.38. The van der Waals surface area contributed by atoms with Gasteiger partial charge in [0, 0.05) is 30.7 Å². The number of para-hydroxylation sites is 1. The summed E-state index contributed by atoms with van der Waals surface area (Å²) >= 11 is 5.71. The summed E-state index contributed by atoms with van der Waals surface area (Å²) < 4.78 is 43.1. The Hall–Kier alpha value is -2.91. The maximum Gasteiger partial charge on any atom is 0.418 e. The van der Waals surface area contributed by atoms with E-state index >= 15 is 0 Å². The molecule has 1 saturated heterocycles. The van der Waals surface area contributed by atoms with E-state index in [0.29, 0.717) is 11.7 Å². The minimum atomic E-state index is -4.45. The van der Waals surface area contributed by atoms with Crippen LogP contribution < -0.4 is 5.32 Å². The fourth-order valence-electron chi connectivity index (χ4n) is 4.66. The molecule has 1 aliphatic rings. The fraction of sp³-hybridized carbons (Fsp3) is 0.360. The standard InChI is InChI=1S/C25H28F3N5S/c1-16-15-18(17(2)33(16)21-11-6-5-9-19(21)25(26,27)28)23-22(20-10-7-8-12-29-20)30-24(34)32(23)14-13-31(3)4/h5-12,15,22-23H,13-14H2,1-4H3,(H,30,34)/t22-,23+/m1/s1. The summed E-state index contributed by atoms with van der Waals surface area (Å²) in [5.41, 5.74) is 2.71. The van der Waals surface area contributed by atoms with Crippen LogP contribution in [0.5, 0.6) is 0 Å². The Morgan fingerprint density at radius 1 is 1.09 bits per heavy atom. The molecule has 0 amide bonds. The second-order valence-corrected chi connectivity index (χ2v) is 9.19. The molecule has 1 fully saturated rings. The fourth-order valence-corrected chi connectivity index (χ4v) is 4.99. The van der Waals surface area contributed by atoms with Crippen LogP contribution in [0.4, 0.5) is 13.2 Å². The van der Waals surface area contributed by atoms with Crippen molar-refractivity contribution in [2.24, 2.45) is 0 Å². The van der Waals surface area contributed by atoms with Crippen LogP contribution >= 0.6 is 12.2 Å². The Labute approximate surface area is 203 Å². The number of benzene rings is 1. The average Bonchev–Trinajstić information content (AvgIpc) is 3.27. The van der Waals surface area contributed by atoms with E-state index in [1.54, 1.807) is 16.8 Å². The molecule has 180 valence electrons. The molecule has 3 heterocycles. The number of halogens is 3. The van der Waals surface area contributed by atoms with Gasteiger partial charge in [0.2, 0.25) is 0 Å². The normalized spacial score (nSPS) is 18.6. The van der Waals surface area contributed by atoms with Gasteiger partial charge in [-0.2, -0.15) is 13.2 Å². The van der Waals surface area contributed by atoms with E-state index in [1.165, 1.54) is 12.1 Å². The molecule has 0 saturated carbocycles. The van der Waals surface area contributed by atoms with Gasteiger partial charge in [0.05, 0.1) is 29.0 Å². The van der Waals surface area contributed by atoms with Crippen molar-refractivity contribution in [1.29, 1.82) is 0 Å². The first-order chi connectivity index (χ1) is 16.1. The third-order valence-corrected chi connectivity index (χ3v) is 6.58. The van der Waals surface area contributed by atoms with Crippen LogP contribution in [0.3, 0.4) is 0 Å². The number of nitrogens with one attached hydrogen (secondary N) is 1. The first-order valence-electron chi connectivity index (χ1n) is 11.1. The molecule has 0 radical (unpaired) electrons. The van der Waals surface area contributed by atoms with Crippen LogP contribution in [0.1, 0.15) is 40.3 Å². The van der Waals surface area contributed by atoms with Gasteiger partial charge in [0.1, 0.15) is 0 Å². The van der Waals surface area contributed by atoms with E-state index in [4.69, 9.17) is 12.2 Å². The van der Waals surface area contributed by atoms with Gasteiger partial charge < -0.3 is 19.7 Å². The lowest BCUT2D eigenvalue weighted by Gasteiger charge is -2.29. The van der Waals surface area contributed by atoms with Crippen molar-refractivity contribution < 1.29 is 13.2 Å². The Morgan fingerprint density at radius 3 is 2.44 bits per heavy atom. The van der Waals surface area contributed by atoms with Crippen LogP contribution in [-0.4, -0.2) is 51.6 Å². The lowest BCUT2D eigenvalue weighted by molar-refractivity contribution is -0.137. The molecule has 2 atom stereocenters. The van der Waals surface area contributed by atoms with Crippen LogP contribution in [0.25, 0.3) is 5.69 Å². The highest BCUT2D eigenvalue weighted by atomic mass is 32.1. The Bertz CT molecular complexity index is 1170. The molecule has 0 unspecified atom stereocenters. The minimum absolute atomic E-state index is 0.124. The van der Waals surface area contributed by atoms with Crippen LogP contribution in [-0.2, 0) is 6.18 Å². The number of thiocarbonyl (C=S) groups is 1. The quantitative estimate of drug-likeness (QED) is 0.493. The first-order valence-corrected chi connectivity index (χ1v) is 11.5. The molecule has 5 nitrogen and oxygen atoms in total. The largest absolute Gasteiger partial charge is 0.418 e. The number of hydrogen-bond acceptors (Lipinski definition) is 3. The van der Waals surface area contributed by atoms with Crippen LogP contribution in [0.2, 0.25) is 0 Å². The maximum atomic E-state index is 13.8. The van der Waals surface area contributed by atoms with Gasteiger partial charge in [-0.15, -0.1) is 0 Å². The first kappa shape index (κ1) is 24.2. The SMILES string of the molecule is Cc1cc([C@H]2[C@@H](c3ccccn3)NC(=S)N2CCN(C)C)c(C)n1-c1ccccc1C(F)(F)F. The van der Waals surface area contributed by atoms with Crippen LogP contribution in [0.15, 0.2) is 54.7 Å². The zero-order valence-electron chi connectivity index (χ0n) is 19.6. The summed E-state index contributed by atoms with van der Waals surface area (Å²) in [5.74, 6) is 0. The molecule has 4 rings (SSSR count). The average molecular weight is 488 g/mol. The highest BCUT2D eigenvalue weighted by Gasteiger charge is 2.42. The lowest BCUT2D eigenvalue weighted by Crippen LogP contribution is -2.35. The Morgan fingerprint density at radius 2 is 1.79 bits per heavy atom. The number of alkyl halides is 3. The molecule has 9 heteroatoms. The molecule has 0 bridgehead atoms. The van der Waals surface area contributed by atoms with Gasteiger partial charge in [-0.3, -0.25) is 4.98 Å². The van der Waals surface area contributed by atoms with E-state index in [0.717, 1.165) is 35.3 Å². The predicted octanol–water partition coefficient (Wildman–Crippen LogP) is 5.04. The molecule has 1 N–H and O–H groups in total. The van der Waals surface area contributed by atoms with Gasteiger partial charge >= 0.3 is 6.18 Å². The van der Waals surface area contributed by atoms with Gasteiger partial charge in [-0.05, 0) is 76.1 Å². The third kappa shape index (κ3) is 4.54. The molecule has 0 aliphatic carbocycles. The van der Waals surface area contributed by atoms with E-state index in [2.05, 4.69) is 20.1 Å². The van der Waals surface area contributed by atoms with E-state index < -0.39 is 11.7 Å². The van der Waals surface area contributed by atoms with Gasteiger partial charge in [0.15, 0.2) is 5.11 Å². The summed E-state index contributed by atoms with van der Waals surface area (Å²) in [6.07, 6.45) is -2.72. The Balaban J connectivity index is 1.85. The van der Waals surface area contributed by atoms with Crippen molar-refractivity contribution >= 4 is 17.3 Å². The van der Waals surface area contributed by atoms with Crippen LogP contribution in [0, 0.1) is 13.8 Å². The van der Waals surface area contributed by atoms with Gasteiger partial charge in [-0.1, -0.05) is 18.2 Å². The highest BCUT2D eigenvalue weighted by Crippen LogP contribution is 2.42. The summed E-state index contributed by atoms with van der Waals surface area (Å²) in [4.78, 5) is 8.75. The Kier molecular flexibility index (Phi) is 6.69. The van der Waals surface area contributed by atoms with Crippen molar-refractivity contribution in [3.8, 4) is 5.69 Å². The van der Waals surface area contributed by atoms with Crippen molar-refractivity contribution in [3.05, 3.63) is 82.9 Å². The molecule has 2 aromatic heterocycles. The summed E-state index contributed by atoms with van der Waals surface area (Å²) in [6, 6.07) is 13.0. The lowest BCUT2D eigenvalue weighted by atomic mass is 9.96. The zero-order valence-corrected chi connectivity index (χ0v) is 20.4. The van der Waals surface area contributed by atoms with Crippen molar-refractivity contribution in [1.82, 2.24) is 24.7 Å². The van der Waals surface area contributed by atoms with Gasteiger partial charge in [-0.25, -0.2) is 0 Å². The number of rotatable bonds is 6. The van der Waals surface area contributed by atoms with Crippen molar-refractivity contribution in [2.45, 2.75) is 32.1 Å². The molecule has 1 aromatic carbocycles. The minimum Gasteiger partial charge on any atom is -0.352 e. The number of nitrogens with zero attached hydrogens (tertiary/aromatic N) is 4. The highest BCUT2D eigenvalue weighted by molar-refractivity contribution is 7.80. The number of hydrogen-bond donors (Lipinski definition) is 1. The summed E-state index contributed by atoms with van der Waals surface area (Å²) in [6.45, 7) is 5.17. The zero-order chi connectivity index (χ0) is 24.6. The monoisotopic (exact) mass is 487 g/mol. The van der Waals surface area contributed by atoms with E-state index in [9.17, 15) is 13.2 Å². The third-order valence-electron chi connectivity index (χ3n) is 6.23. The predicted molar refractivity (Wildman–Crippen MR) is 131 cm³/mol. The summed E-state index contributed by atoms with van der Waals surface area (Å²) in [7, 11) is 4.00. The molecular formula is C25H28F3N5S. The second-order valence-electron chi connectivity index (χ2n) is 8.80. The summed E-state index contributed by atoms with van der Waals surface area (Å²) in [5, 5.41) is 4.02. The van der Waals surface area contributed by atoms with Crippen molar-refractivity contribution in [3.63, 3.8) is 0 Å². The topological polar surface area (TPSA) is 36.3 Å². The maximum absolute atomic E-state index is 13.8. The molecule has 34 heavy (non-hydrogen) atoms. The van der Waals surface area contributed by atoms with E-state index in [-0.39, 0.29) is 17.8 Å². The molecular weight excluding hydrogens is 459 g/mol. The number of likely N-dealkylation sites (N-methyl/N-ethyl adjacent to an activating group) is 1. The molecule has 1 aliphatic heterocycles. The molecule has 3 aromatic rings. The number of aryl methyl sites for hydroxylation is 1. The molecule has 0 spiro atoms. The smallest absolute Gasteiger partial charge is 0.352 e. The van der Waals surface area contributed by atoms with Gasteiger partial charge in [0.25, 0.3) is 0 Å². The van der Waals surface area contributed by atoms with Crippen molar-refractivity contribution in [2.75, 3.05) is 27.2 Å². The van der Waals surface area contributed by atoms with E-state index in [1.807, 2.05) is 52.2 Å². The number of aromatic nitrogens is 2. The number of pyridine rings is 1.